The van der Waals surface area contributed by atoms with E-state index in [9.17, 15) is 14.4 Å². The van der Waals surface area contributed by atoms with E-state index < -0.39 is 5.97 Å². The second kappa shape index (κ2) is 14.7. The molecule has 0 radical (unpaired) electrons. The molecule has 1 saturated heterocycles. The van der Waals surface area contributed by atoms with Crippen LogP contribution in [0.5, 0.6) is 0 Å². The lowest BCUT2D eigenvalue weighted by atomic mass is 9.85. The van der Waals surface area contributed by atoms with Crippen molar-refractivity contribution in [3.63, 3.8) is 0 Å². The highest BCUT2D eigenvalue weighted by Gasteiger charge is 2.34. The summed E-state index contributed by atoms with van der Waals surface area (Å²) in [5, 5.41) is 0. The van der Waals surface area contributed by atoms with Crippen molar-refractivity contribution in [2.24, 2.45) is 0 Å². The second-order valence-electron chi connectivity index (χ2n) is 13.9. The van der Waals surface area contributed by atoms with Gasteiger partial charge in [0.25, 0.3) is 5.91 Å². The number of aryl methyl sites for hydroxylation is 2. The van der Waals surface area contributed by atoms with Crippen molar-refractivity contribution in [1.29, 1.82) is 0 Å². The first-order valence-electron chi connectivity index (χ1n) is 18.0. The van der Waals surface area contributed by atoms with E-state index in [-0.39, 0.29) is 36.6 Å². The Balaban J connectivity index is 1.80. The van der Waals surface area contributed by atoms with Gasteiger partial charge >= 0.3 is 11.9 Å². The first-order valence-corrected chi connectivity index (χ1v) is 18.0. The number of hydrogen-bond acceptors (Lipinski definition) is 7. The van der Waals surface area contributed by atoms with Crippen LogP contribution in [0.15, 0.2) is 24.8 Å². The van der Waals surface area contributed by atoms with Crippen LogP contribution in [0.4, 0.5) is 0 Å². The van der Waals surface area contributed by atoms with E-state index in [4.69, 9.17) is 19.4 Å². The quantitative estimate of drug-likeness (QED) is 0.228. The number of hydrogen-bond donors (Lipinski definition) is 2. The Hall–Kier alpha value is -4.99. The molecule has 6 rings (SSSR count). The molecule has 1 amide bonds. The number of fused-ring (bicyclic) bond motifs is 8. The molecular formula is C41H49N5O5. The Morgan fingerprint density at radius 3 is 2.27 bits per heavy atom. The van der Waals surface area contributed by atoms with Crippen LogP contribution in [0.3, 0.4) is 0 Å². The first kappa shape index (κ1) is 35.8. The van der Waals surface area contributed by atoms with Crippen LogP contribution in [-0.2, 0) is 25.5 Å². The predicted molar refractivity (Wildman–Crippen MR) is 201 cm³/mol. The Kier molecular flexibility index (Phi) is 10.3. The van der Waals surface area contributed by atoms with Crippen LogP contribution >= 0.6 is 0 Å². The minimum atomic E-state index is -0.449. The van der Waals surface area contributed by atoms with Crippen LogP contribution in [0.2, 0.25) is 0 Å². The van der Waals surface area contributed by atoms with Gasteiger partial charge in [-0.05, 0) is 93.3 Å². The summed E-state index contributed by atoms with van der Waals surface area (Å²) >= 11 is 0. The third kappa shape index (κ3) is 6.64. The average molecular weight is 692 g/mol. The fourth-order valence-electron chi connectivity index (χ4n) is 7.94. The maximum Gasteiger partial charge on any atom is 0.310 e. The highest BCUT2D eigenvalue weighted by atomic mass is 16.5. The molecule has 3 aliphatic rings. The van der Waals surface area contributed by atoms with Gasteiger partial charge in [0.15, 0.2) is 0 Å². The maximum atomic E-state index is 14.6. The molecule has 51 heavy (non-hydrogen) atoms. The molecular weight excluding hydrogens is 642 g/mol. The van der Waals surface area contributed by atoms with E-state index in [1.807, 2.05) is 24.0 Å². The number of carbonyl (C=O) groups is 3. The number of aromatic amines is 2. The monoisotopic (exact) mass is 691 g/mol. The van der Waals surface area contributed by atoms with Gasteiger partial charge in [-0.2, -0.15) is 0 Å². The van der Waals surface area contributed by atoms with Crippen LogP contribution in [0.1, 0.15) is 127 Å². The van der Waals surface area contributed by atoms with E-state index in [0.29, 0.717) is 41.8 Å². The molecule has 0 saturated carbocycles. The third-order valence-electron chi connectivity index (χ3n) is 11.0. The molecule has 0 spiro atoms. The van der Waals surface area contributed by atoms with Gasteiger partial charge in [0, 0.05) is 64.7 Å². The van der Waals surface area contributed by atoms with Crippen LogP contribution in [0.25, 0.3) is 39.3 Å². The molecule has 3 aromatic heterocycles. The summed E-state index contributed by atoms with van der Waals surface area (Å²) in [6.07, 6.45) is 6.13. The van der Waals surface area contributed by atoms with Gasteiger partial charge < -0.3 is 24.3 Å². The van der Waals surface area contributed by atoms with Crippen molar-refractivity contribution >= 4 is 57.1 Å². The lowest BCUT2D eigenvalue weighted by Gasteiger charge is -2.27. The van der Waals surface area contributed by atoms with E-state index in [1.54, 1.807) is 0 Å². The molecule has 0 aromatic carbocycles. The number of aromatic nitrogens is 4. The zero-order valence-corrected chi connectivity index (χ0v) is 30.9. The SMILES string of the molecule is C=Cc1c(C)c2cc3nc(c(CC(=O)OC)c4[nH]c(cc5nc(cc1[nH]2)C(C)=C5CC)c(C)c4C(=O)N1CCCCC1)C(CCC(=O)OC)C3C. The fraction of sp³-hybridized carbons (Fsp3) is 0.439. The van der Waals surface area contributed by atoms with Gasteiger partial charge in [0.2, 0.25) is 0 Å². The molecule has 8 bridgehead atoms. The zero-order valence-electron chi connectivity index (χ0n) is 30.9. The van der Waals surface area contributed by atoms with Gasteiger partial charge in [0.1, 0.15) is 0 Å². The van der Waals surface area contributed by atoms with Gasteiger partial charge in [-0.15, -0.1) is 0 Å². The molecule has 2 unspecified atom stereocenters. The second-order valence-corrected chi connectivity index (χ2v) is 13.9. The van der Waals surface area contributed by atoms with Crippen LogP contribution < -0.4 is 0 Å². The van der Waals surface area contributed by atoms with Gasteiger partial charge in [-0.1, -0.05) is 26.5 Å². The van der Waals surface area contributed by atoms with E-state index in [2.05, 4.69) is 56.4 Å². The summed E-state index contributed by atoms with van der Waals surface area (Å²) in [5.41, 5.74) is 12.4. The number of ether oxygens (including phenoxy) is 2. The zero-order chi connectivity index (χ0) is 36.6. The smallest absolute Gasteiger partial charge is 0.310 e. The summed E-state index contributed by atoms with van der Waals surface area (Å²) in [6, 6.07) is 6.16. The number of nitrogens with one attached hydrogen (secondary N) is 2. The summed E-state index contributed by atoms with van der Waals surface area (Å²) in [6.45, 7) is 15.8. The van der Waals surface area contributed by atoms with Crippen molar-refractivity contribution in [2.75, 3.05) is 27.3 Å². The summed E-state index contributed by atoms with van der Waals surface area (Å²) < 4.78 is 10.3. The minimum absolute atomic E-state index is 0.0746. The molecule has 6 heterocycles. The average Bonchev–Trinajstić information content (AvgIpc) is 3.82. The van der Waals surface area contributed by atoms with Crippen LogP contribution in [0, 0.1) is 13.8 Å². The number of nitrogens with zero attached hydrogens (tertiary/aromatic N) is 3. The third-order valence-corrected chi connectivity index (χ3v) is 11.0. The van der Waals surface area contributed by atoms with Crippen molar-refractivity contribution < 1.29 is 23.9 Å². The molecule has 2 N–H and O–H groups in total. The molecule has 268 valence electrons. The number of amides is 1. The number of allylic oxidation sites excluding steroid dienone is 2. The number of piperidine rings is 1. The van der Waals surface area contributed by atoms with Crippen molar-refractivity contribution in [1.82, 2.24) is 24.8 Å². The van der Waals surface area contributed by atoms with Gasteiger partial charge in [-0.3, -0.25) is 19.4 Å². The van der Waals surface area contributed by atoms with E-state index in [0.717, 1.165) is 87.2 Å². The molecule has 1 fully saturated rings. The number of esters is 2. The molecule has 10 heteroatoms. The minimum Gasteiger partial charge on any atom is -0.469 e. The topological polar surface area (TPSA) is 130 Å². The summed E-state index contributed by atoms with van der Waals surface area (Å²) in [5.74, 6) is -1.20. The van der Waals surface area contributed by atoms with Gasteiger partial charge in [0.05, 0.1) is 48.8 Å². The highest BCUT2D eigenvalue weighted by Crippen LogP contribution is 2.43. The van der Waals surface area contributed by atoms with E-state index >= 15 is 0 Å². The highest BCUT2D eigenvalue weighted by molar-refractivity contribution is 6.06. The lowest BCUT2D eigenvalue weighted by molar-refractivity contribution is -0.141. The normalized spacial score (nSPS) is 17.4. The van der Waals surface area contributed by atoms with Crippen molar-refractivity contribution in [3.05, 3.63) is 75.4 Å². The van der Waals surface area contributed by atoms with E-state index in [1.165, 1.54) is 14.2 Å². The first-order chi connectivity index (χ1) is 24.5. The summed E-state index contributed by atoms with van der Waals surface area (Å²) in [7, 11) is 2.75. The standard InChI is InChI=1S/C41H49N5O5/c1-9-26-22(3)30-19-32-24(5)28(14-15-36(47)50-7)39(44-32)29(18-37(48)51-8)40-38(41(49)46-16-12-11-13-17-46)25(6)33(45-40)21-35-27(10-2)23(4)31(43-35)20-34(26)42-30/h9,19-21,24,28,42,45H,1,10-18H2,2-8H3. The molecule has 2 atom stereocenters. The number of likely N-dealkylation sites (tertiary alicyclic amines) is 1. The number of H-pyrrole nitrogens is 2. The molecule has 10 nitrogen and oxygen atoms in total. The Morgan fingerprint density at radius 2 is 1.61 bits per heavy atom. The number of rotatable bonds is 8. The Labute approximate surface area is 299 Å². The van der Waals surface area contributed by atoms with Crippen molar-refractivity contribution in [3.8, 4) is 0 Å². The predicted octanol–water partition coefficient (Wildman–Crippen LogP) is 8.10. The van der Waals surface area contributed by atoms with Crippen LogP contribution in [-0.4, -0.2) is 70.0 Å². The Bertz CT molecular complexity index is 2110. The summed E-state index contributed by atoms with van der Waals surface area (Å²) in [4.78, 5) is 59.9. The molecule has 3 aliphatic heterocycles. The largest absolute Gasteiger partial charge is 0.469 e. The van der Waals surface area contributed by atoms with Crippen molar-refractivity contribution in [2.45, 2.75) is 91.4 Å². The lowest BCUT2D eigenvalue weighted by Crippen LogP contribution is -2.35. The fourth-order valence-corrected chi connectivity index (χ4v) is 7.94. The number of carbonyl (C=O) groups excluding carboxylic acids is 3. The van der Waals surface area contributed by atoms with Gasteiger partial charge in [-0.25, -0.2) is 4.98 Å². The molecule has 0 aliphatic carbocycles. The Morgan fingerprint density at radius 1 is 0.922 bits per heavy atom. The maximum absolute atomic E-state index is 14.6. The number of methoxy groups -OCH3 is 2. The molecule has 3 aromatic rings.